The summed E-state index contributed by atoms with van der Waals surface area (Å²) in [6.45, 7) is 2.90. The number of anilines is 1. The molecule has 1 aromatic heterocycles. The van der Waals surface area contributed by atoms with E-state index in [0.717, 1.165) is 63.1 Å². The number of aromatic nitrogens is 2. The fourth-order valence-electron chi connectivity index (χ4n) is 3.07. The predicted molar refractivity (Wildman–Crippen MR) is 88.4 cm³/mol. The largest absolute Gasteiger partial charge is 0.474 e. The van der Waals surface area contributed by atoms with Crippen LogP contribution in [-0.2, 0) is 12.8 Å². The lowest BCUT2D eigenvalue weighted by Crippen LogP contribution is -2.44. The monoisotopic (exact) mass is 338 g/mol. The van der Waals surface area contributed by atoms with Crippen LogP contribution >= 0.6 is 0 Å². The Kier molecular flexibility index (Phi) is 5.83. The van der Waals surface area contributed by atoms with Gasteiger partial charge in [-0.1, -0.05) is 0 Å². The number of hydrogen-bond acceptors (Lipinski definition) is 8. The predicted octanol–water partition coefficient (Wildman–Crippen LogP) is -1.14. The first-order chi connectivity index (χ1) is 11.7. The molecule has 0 aromatic carbocycles. The molecule has 4 N–H and O–H groups in total. The number of hydrogen-bond donors (Lipinski definition) is 4. The van der Waals surface area contributed by atoms with Crippen molar-refractivity contribution in [2.45, 2.75) is 37.9 Å². The highest BCUT2D eigenvalue weighted by molar-refractivity contribution is 5.42. The number of nitrogens with one attached hydrogen (secondary N) is 1. The van der Waals surface area contributed by atoms with Crippen molar-refractivity contribution in [2.24, 2.45) is 0 Å². The molecular formula is C16H26N4O4. The Morgan fingerprint density at radius 1 is 1.08 bits per heavy atom. The second kappa shape index (κ2) is 8.06. The molecule has 24 heavy (non-hydrogen) atoms. The maximum Gasteiger partial charge on any atom is 0.228 e. The Morgan fingerprint density at radius 3 is 2.58 bits per heavy atom. The Morgan fingerprint density at radius 2 is 1.83 bits per heavy atom. The number of aliphatic hydroxyl groups excluding tert-OH is 3. The summed E-state index contributed by atoms with van der Waals surface area (Å²) < 4.78 is 5.71. The van der Waals surface area contributed by atoms with Gasteiger partial charge in [-0.3, -0.25) is 0 Å². The van der Waals surface area contributed by atoms with Crippen LogP contribution in [0.2, 0.25) is 0 Å². The molecule has 1 aliphatic heterocycles. The zero-order valence-corrected chi connectivity index (χ0v) is 13.8. The summed E-state index contributed by atoms with van der Waals surface area (Å²) in [6.07, 6.45) is 1.60. The minimum absolute atomic E-state index is 0.105. The number of fused-ring (bicyclic) bond motifs is 1. The van der Waals surface area contributed by atoms with Gasteiger partial charge in [-0.05, 0) is 25.7 Å². The number of nitrogens with zero attached hydrogens (tertiary/aromatic N) is 3. The minimum atomic E-state index is -1.21. The summed E-state index contributed by atoms with van der Waals surface area (Å²) in [5.41, 5.74) is 2.03. The molecule has 2 atom stereocenters. The average molecular weight is 338 g/mol. The number of aliphatic hydroxyl groups is 3. The number of ether oxygens (including phenoxy) is 1. The van der Waals surface area contributed by atoms with Gasteiger partial charge < -0.3 is 30.3 Å². The average Bonchev–Trinajstić information content (AvgIpc) is 2.65. The molecule has 8 heteroatoms. The lowest BCUT2D eigenvalue weighted by atomic mass is 9.97. The van der Waals surface area contributed by atoms with E-state index in [1.807, 2.05) is 0 Å². The number of piperazine rings is 1. The van der Waals surface area contributed by atoms with E-state index in [4.69, 9.17) is 14.8 Å². The molecule has 0 saturated carbocycles. The van der Waals surface area contributed by atoms with Crippen molar-refractivity contribution in [3.63, 3.8) is 0 Å². The normalized spacial score (nSPS) is 20.4. The smallest absolute Gasteiger partial charge is 0.228 e. The van der Waals surface area contributed by atoms with Gasteiger partial charge in [0.25, 0.3) is 0 Å². The highest BCUT2D eigenvalue weighted by Crippen LogP contribution is 2.29. The van der Waals surface area contributed by atoms with Crippen LogP contribution in [0, 0.1) is 0 Å². The zero-order valence-electron chi connectivity index (χ0n) is 13.8. The maximum atomic E-state index is 9.80. The first-order valence-electron chi connectivity index (χ1n) is 8.64. The molecule has 2 heterocycles. The van der Waals surface area contributed by atoms with Gasteiger partial charge in [0.15, 0.2) is 0 Å². The first-order valence-corrected chi connectivity index (χ1v) is 8.64. The van der Waals surface area contributed by atoms with Gasteiger partial charge in [-0.25, -0.2) is 4.98 Å². The fraction of sp³-hybridized carbons (Fsp3) is 0.750. The Balaban J connectivity index is 1.80. The number of aryl methyl sites for hydroxylation is 1. The van der Waals surface area contributed by atoms with Gasteiger partial charge in [-0.2, -0.15) is 4.98 Å². The third kappa shape index (κ3) is 3.94. The maximum absolute atomic E-state index is 9.80. The summed E-state index contributed by atoms with van der Waals surface area (Å²) in [6, 6.07) is 0. The first kappa shape index (κ1) is 17.3. The third-order valence-corrected chi connectivity index (χ3v) is 4.56. The molecule has 0 radical (unpaired) electrons. The van der Waals surface area contributed by atoms with E-state index in [-0.39, 0.29) is 6.61 Å². The standard InChI is InChI=1S/C16H26N4O4/c21-9-13(22)14(23)10-24-15-11-3-1-2-4-12(11)18-16(19-15)20-7-5-17-6-8-20/h13-14,17,21-23H,1-10H2/t13-,14-/m0/s1. The van der Waals surface area contributed by atoms with Crippen LogP contribution in [0.25, 0.3) is 0 Å². The quantitative estimate of drug-likeness (QED) is 0.515. The summed E-state index contributed by atoms with van der Waals surface area (Å²) in [7, 11) is 0. The molecule has 1 saturated heterocycles. The van der Waals surface area contributed by atoms with Crippen LogP contribution in [-0.4, -0.2) is 76.9 Å². The van der Waals surface area contributed by atoms with Crippen LogP contribution in [0.15, 0.2) is 0 Å². The van der Waals surface area contributed by atoms with Gasteiger partial charge >= 0.3 is 0 Å². The Labute approximate surface area is 141 Å². The van der Waals surface area contributed by atoms with Crippen molar-refractivity contribution in [3.05, 3.63) is 11.3 Å². The van der Waals surface area contributed by atoms with Crippen LogP contribution < -0.4 is 15.0 Å². The molecule has 0 bridgehead atoms. The van der Waals surface area contributed by atoms with Crippen LogP contribution in [0.5, 0.6) is 5.88 Å². The minimum Gasteiger partial charge on any atom is -0.474 e. The zero-order chi connectivity index (χ0) is 16.9. The van der Waals surface area contributed by atoms with Crippen LogP contribution in [0.3, 0.4) is 0 Å². The molecule has 1 aromatic rings. The topological polar surface area (TPSA) is 111 Å². The highest BCUT2D eigenvalue weighted by atomic mass is 16.5. The van der Waals surface area contributed by atoms with E-state index in [2.05, 4.69) is 15.2 Å². The molecular weight excluding hydrogens is 312 g/mol. The van der Waals surface area contributed by atoms with Crippen molar-refractivity contribution in [3.8, 4) is 5.88 Å². The van der Waals surface area contributed by atoms with E-state index in [1.54, 1.807) is 0 Å². The molecule has 0 amide bonds. The van der Waals surface area contributed by atoms with Crippen molar-refractivity contribution < 1.29 is 20.1 Å². The molecule has 2 aliphatic rings. The van der Waals surface area contributed by atoms with Gasteiger partial charge in [0.2, 0.25) is 11.8 Å². The molecule has 3 rings (SSSR count). The molecule has 134 valence electrons. The van der Waals surface area contributed by atoms with Crippen molar-refractivity contribution >= 4 is 5.95 Å². The summed E-state index contributed by atoms with van der Waals surface area (Å²) in [5, 5.41) is 31.5. The fourth-order valence-corrected chi connectivity index (χ4v) is 3.07. The second-order valence-electron chi connectivity index (χ2n) is 6.33. The molecule has 0 spiro atoms. The van der Waals surface area contributed by atoms with E-state index in [0.29, 0.717) is 11.8 Å². The van der Waals surface area contributed by atoms with Gasteiger partial charge in [0.1, 0.15) is 18.8 Å². The van der Waals surface area contributed by atoms with Gasteiger partial charge in [0.05, 0.1) is 12.3 Å². The van der Waals surface area contributed by atoms with Gasteiger partial charge in [-0.15, -0.1) is 0 Å². The van der Waals surface area contributed by atoms with E-state index in [1.165, 1.54) is 0 Å². The second-order valence-corrected chi connectivity index (χ2v) is 6.33. The summed E-state index contributed by atoms with van der Waals surface area (Å²) >= 11 is 0. The Bertz CT molecular complexity index is 551. The number of rotatable bonds is 6. The van der Waals surface area contributed by atoms with Crippen LogP contribution in [0.1, 0.15) is 24.1 Å². The van der Waals surface area contributed by atoms with E-state index >= 15 is 0 Å². The molecule has 0 unspecified atom stereocenters. The van der Waals surface area contributed by atoms with Gasteiger partial charge in [0, 0.05) is 31.7 Å². The van der Waals surface area contributed by atoms with Crippen LogP contribution in [0.4, 0.5) is 5.95 Å². The molecule has 1 fully saturated rings. The highest BCUT2D eigenvalue weighted by Gasteiger charge is 2.24. The summed E-state index contributed by atoms with van der Waals surface area (Å²) in [4.78, 5) is 11.4. The van der Waals surface area contributed by atoms with Crippen molar-refractivity contribution in [1.29, 1.82) is 0 Å². The molecule has 8 nitrogen and oxygen atoms in total. The third-order valence-electron chi connectivity index (χ3n) is 4.56. The Hall–Kier alpha value is -1.48. The SMILES string of the molecule is OC[C@H](O)[C@@H](O)COc1nc(N2CCNCC2)nc2c1CCCC2. The van der Waals surface area contributed by atoms with Crippen molar-refractivity contribution in [2.75, 3.05) is 44.3 Å². The van der Waals surface area contributed by atoms with E-state index in [9.17, 15) is 10.2 Å². The molecule has 1 aliphatic carbocycles. The lowest BCUT2D eigenvalue weighted by Gasteiger charge is -2.29. The van der Waals surface area contributed by atoms with Crippen molar-refractivity contribution in [1.82, 2.24) is 15.3 Å². The lowest BCUT2D eigenvalue weighted by molar-refractivity contribution is -0.0347. The van der Waals surface area contributed by atoms with E-state index < -0.39 is 18.8 Å². The summed E-state index contributed by atoms with van der Waals surface area (Å²) in [5.74, 6) is 1.17.